The van der Waals surface area contributed by atoms with Crippen LogP contribution in [-0.2, 0) is 14.3 Å². The molecule has 0 unspecified atom stereocenters. The molecular weight excluding hydrogens is 246 g/mol. The molecular formula is C14H23NO4. The second-order valence-electron chi connectivity index (χ2n) is 4.71. The van der Waals surface area contributed by atoms with Gasteiger partial charge in [-0.15, -0.1) is 0 Å². The number of hydrogen-bond donors (Lipinski definition) is 1. The zero-order valence-corrected chi connectivity index (χ0v) is 11.8. The summed E-state index contributed by atoms with van der Waals surface area (Å²) < 4.78 is 4.96. The second-order valence-corrected chi connectivity index (χ2v) is 4.71. The van der Waals surface area contributed by atoms with Gasteiger partial charge in [0.15, 0.2) is 5.60 Å². The standard InChI is InChI=1S/C10H13NO4.C4H10/c11-7-10(4-2-1-3-5-10)15-9(14)6-8(12)13;1-3-4-2/h1-6H2,(H,12,13);3-4H2,1-2H3. The van der Waals surface area contributed by atoms with Gasteiger partial charge in [-0.25, -0.2) is 0 Å². The first-order chi connectivity index (χ1) is 8.99. The van der Waals surface area contributed by atoms with E-state index in [1.807, 2.05) is 6.07 Å². The van der Waals surface area contributed by atoms with Gasteiger partial charge >= 0.3 is 11.9 Å². The highest BCUT2D eigenvalue weighted by Crippen LogP contribution is 2.31. The van der Waals surface area contributed by atoms with E-state index < -0.39 is 24.0 Å². The van der Waals surface area contributed by atoms with Gasteiger partial charge in [-0.1, -0.05) is 33.1 Å². The number of carboxylic acids is 1. The lowest BCUT2D eigenvalue weighted by atomic mass is 9.86. The molecule has 1 saturated carbocycles. The van der Waals surface area contributed by atoms with Crippen molar-refractivity contribution in [2.45, 2.75) is 70.8 Å². The van der Waals surface area contributed by atoms with Gasteiger partial charge in [-0.3, -0.25) is 9.59 Å². The van der Waals surface area contributed by atoms with Crippen LogP contribution in [0.1, 0.15) is 65.2 Å². The quantitative estimate of drug-likeness (QED) is 0.626. The van der Waals surface area contributed by atoms with E-state index in [0.29, 0.717) is 12.8 Å². The summed E-state index contributed by atoms with van der Waals surface area (Å²) >= 11 is 0. The average molecular weight is 269 g/mol. The SMILES string of the molecule is CCCC.N#CC1(OC(=O)CC(=O)O)CCCCC1. The smallest absolute Gasteiger partial charge is 0.318 e. The zero-order chi connectivity index (χ0) is 14.7. The number of aliphatic carboxylic acids is 1. The molecule has 0 aromatic heterocycles. The number of nitriles is 1. The Morgan fingerprint density at radius 1 is 1.21 bits per heavy atom. The monoisotopic (exact) mass is 269 g/mol. The first kappa shape index (κ1) is 17.4. The van der Waals surface area contributed by atoms with Crippen LogP contribution in [0.25, 0.3) is 0 Å². The molecule has 0 aromatic rings. The Morgan fingerprint density at radius 3 is 2.11 bits per heavy atom. The molecule has 0 amide bonds. The summed E-state index contributed by atoms with van der Waals surface area (Å²) in [7, 11) is 0. The molecule has 0 aromatic carbocycles. The Balaban J connectivity index is 0.000000711. The molecule has 1 aliphatic rings. The van der Waals surface area contributed by atoms with Gasteiger partial charge in [0.25, 0.3) is 0 Å². The predicted molar refractivity (Wildman–Crippen MR) is 70.4 cm³/mol. The largest absolute Gasteiger partial charge is 0.481 e. The molecule has 5 nitrogen and oxygen atoms in total. The number of esters is 1. The second kappa shape index (κ2) is 9.37. The molecule has 5 heteroatoms. The van der Waals surface area contributed by atoms with Gasteiger partial charge in [0, 0.05) is 12.8 Å². The fourth-order valence-electron chi connectivity index (χ4n) is 1.74. The summed E-state index contributed by atoms with van der Waals surface area (Å²) in [5.41, 5.74) is -1.08. The highest BCUT2D eigenvalue weighted by Gasteiger charge is 2.36. The molecule has 1 rings (SSSR count). The summed E-state index contributed by atoms with van der Waals surface area (Å²) in [5.74, 6) is -2.06. The lowest BCUT2D eigenvalue weighted by molar-refractivity contribution is -0.161. The number of unbranched alkanes of at least 4 members (excludes halogenated alkanes) is 1. The molecule has 0 saturated heterocycles. The van der Waals surface area contributed by atoms with Gasteiger partial charge in [-0.2, -0.15) is 5.26 Å². The Kier molecular flexibility index (Phi) is 8.60. The number of nitrogens with zero attached hydrogens (tertiary/aromatic N) is 1. The van der Waals surface area contributed by atoms with Crippen molar-refractivity contribution in [3.8, 4) is 6.07 Å². The maximum atomic E-state index is 11.1. The van der Waals surface area contributed by atoms with Crippen molar-refractivity contribution >= 4 is 11.9 Å². The minimum Gasteiger partial charge on any atom is -0.481 e. The van der Waals surface area contributed by atoms with E-state index in [9.17, 15) is 9.59 Å². The fraction of sp³-hybridized carbons (Fsp3) is 0.786. The lowest BCUT2D eigenvalue weighted by Crippen LogP contribution is -2.36. The summed E-state index contributed by atoms with van der Waals surface area (Å²) in [6.07, 6.45) is 5.69. The van der Waals surface area contributed by atoms with Crippen molar-refractivity contribution in [2.75, 3.05) is 0 Å². The minimum absolute atomic E-state index is 0.509. The summed E-state index contributed by atoms with van der Waals surface area (Å²) in [6.45, 7) is 4.36. The lowest BCUT2D eigenvalue weighted by Gasteiger charge is -2.29. The summed E-state index contributed by atoms with van der Waals surface area (Å²) in [4.78, 5) is 21.4. The van der Waals surface area contributed by atoms with Crippen molar-refractivity contribution in [1.29, 1.82) is 5.26 Å². The molecule has 0 radical (unpaired) electrons. The number of ether oxygens (including phenoxy) is 1. The summed E-state index contributed by atoms with van der Waals surface area (Å²) in [6, 6.07) is 1.99. The zero-order valence-electron chi connectivity index (χ0n) is 11.8. The molecule has 0 bridgehead atoms. The van der Waals surface area contributed by atoms with E-state index in [1.54, 1.807) is 0 Å². The molecule has 0 spiro atoms. The van der Waals surface area contributed by atoms with Crippen LogP contribution in [0.2, 0.25) is 0 Å². The van der Waals surface area contributed by atoms with Crippen LogP contribution in [0.15, 0.2) is 0 Å². The highest BCUT2D eigenvalue weighted by molar-refractivity contribution is 5.90. The van der Waals surface area contributed by atoms with Crippen molar-refractivity contribution in [2.24, 2.45) is 0 Å². The molecule has 1 N–H and O–H groups in total. The molecule has 0 heterocycles. The van der Waals surface area contributed by atoms with Gasteiger partial charge in [-0.05, 0) is 12.8 Å². The third-order valence-electron chi connectivity index (χ3n) is 2.97. The molecule has 19 heavy (non-hydrogen) atoms. The highest BCUT2D eigenvalue weighted by atomic mass is 16.6. The number of carbonyl (C=O) groups is 2. The Morgan fingerprint density at radius 2 is 1.74 bits per heavy atom. The van der Waals surface area contributed by atoms with E-state index in [-0.39, 0.29) is 0 Å². The maximum absolute atomic E-state index is 11.1. The van der Waals surface area contributed by atoms with Crippen LogP contribution in [0.4, 0.5) is 0 Å². The van der Waals surface area contributed by atoms with Crippen LogP contribution in [-0.4, -0.2) is 22.6 Å². The third-order valence-corrected chi connectivity index (χ3v) is 2.97. The number of rotatable bonds is 4. The normalized spacial score (nSPS) is 16.5. The Labute approximate surface area is 114 Å². The molecule has 0 aliphatic heterocycles. The molecule has 0 atom stereocenters. The number of carboxylic acid groups (broad SMARTS) is 1. The Hall–Kier alpha value is -1.57. The van der Waals surface area contributed by atoms with Gasteiger partial charge < -0.3 is 9.84 Å². The Bertz CT molecular complexity index is 325. The van der Waals surface area contributed by atoms with Crippen LogP contribution >= 0.6 is 0 Å². The molecule has 1 aliphatic carbocycles. The van der Waals surface area contributed by atoms with E-state index in [2.05, 4.69) is 13.8 Å². The van der Waals surface area contributed by atoms with E-state index in [4.69, 9.17) is 15.1 Å². The van der Waals surface area contributed by atoms with E-state index in [0.717, 1.165) is 19.3 Å². The van der Waals surface area contributed by atoms with Crippen LogP contribution < -0.4 is 0 Å². The van der Waals surface area contributed by atoms with Gasteiger partial charge in [0.2, 0.25) is 0 Å². The minimum atomic E-state index is -1.23. The van der Waals surface area contributed by atoms with Gasteiger partial charge in [0.1, 0.15) is 12.5 Å². The van der Waals surface area contributed by atoms with E-state index in [1.165, 1.54) is 12.8 Å². The van der Waals surface area contributed by atoms with Crippen molar-refractivity contribution in [3.05, 3.63) is 0 Å². The van der Waals surface area contributed by atoms with Crippen LogP contribution in [0, 0.1) is 11.3 Å². The topological polar surface area (TPSA) is 87.4 Å². The first-order valence-electron chi connectivity index (χ1n) is 6.84. The predicted octanol–water partition coefficient (Wildman–Crippen LogP) is 3.04. The number of carbonyl (C=O) groups excluding carboxylic acids is 1. The van der Waals surface area contributed by atoms with Crippen LogP contribution in [0.5, 0.6) is 0 Å². The van der Waals surface area contributed by atoms with Crippen molar-refractivity contribution < 1.29 is 19.4 Å². The maximum Gasteiger partial charge on any atom is 0.318 e. The van der Waals surface area contributed by atoms with Gasteiger partial charge in [0.05, 0.1) is 0 Å². The average Bonchev–Trinajstić information content (AvgIpc) is 2.39. The van der Waals surface area contributed by atoms with Crippen molar-refractivity contribution in [3.63, 3.8) is 0 Å². The van der Waals surface area contributed by atoms with E-state index >= 15 is 0 Å². The third kappa shape index (κ3) is 7.45. The fourth-order valence-corrected chi connectivity index (χ4v) is 1.74. The van der Waals surface area contributed by atoms with Crippen LogP contribution in [0.3, 0.4) is 0 Å². The van der Waals surface area contributed by atoms with Crippen molar-refractivity contribution in [1.82, 2.24) is 0 Å². The molecule has 1 fully saturated rings. The first-order valence-corrected chi connectivity index (χ1v) is 6.84. The molecule has 108 valence electrons. The summed E-state index contributed by atoms with van der Waals surface area (Å²) in [5, 5.41) is 17.3. The number of hydrogen-bond acceptors (Lipinski definition) is 4.